The number of carbonyl (C=O) groups is 1. The van der Waals surface area contributed by atoms with E-state index in [9.17, 15) is 9.18 Å². The van der Waals surface area contributed by atoms with Crippen LogP contribution in [0.1, 0.15) is 15.9 Å². The molecule has 0 bridgehead atoms. The van der Waals surface area contributed by atoms with E-state index in [1.165, 1.54) is 25.3 Å². The van der Waals surface area contributed by atoms with Crippen molar-refractivity contribution in [3.8, 4) is 5.75 Å². The molecule has 0 unspecified atom stereocenters. The minimum atomic E-state index is -0.510. The molecular weight excluding hydrogens is 271 g/mol. The smallest absolute Gasteiger partial charge is 0.255 e. The molecule has 0 aliphatic heterocycles. The molecule has 2 aromatic carbocycles. The zero-order chi connectivity index (χ0) is 15.2. The Morgan fingerprint density at radius 2 is 1.95 bits per heavy atom. The number of nitrogens with one attached hydrogen (secondary N) is 1. The number of amides is 1. The fraction of sp³-hybridized carbons (Fsp3) is 0.188. The van der Waals surface area contributed by atoms with Crippen molar-refractivity contribution in [1.82, 2.24) is 0 Å². The highest BCUT2D eigenvalue weighted by Crippen LogP contribution is 2.21. The maximum Gasteiger partial charge on any atom is 0.255 e. The van der Waals surface area contributed by atoms with E-state index in [1.807, 2.05) is 12.1 Å². The summed E-state index contributed by atoms with van der Waals surface area (Å²) in [7, 11) is 1.48. The molecule has 0 radical (unpaired) electrons. The Bertz CT molecular complexity index is 627. The van der Waals surface area contributed by atoms with Gasteiger partial charge in [0.2, 0.25) is 0 Å². The van der Waals surface area contributed by atoms with Crippen LogP contribution in [0.2, 0.25) is 0 Å². The van der Waals surface area contributed by atoms with Gasteiger partial charge in [0.25, 0.3) is 5.91 Å². The minimum absolute atomic E-state index is 0.0883. The number of anilines is 1. The van der Waals surface area contributed by atoms with Gasteiger partial charge in [-0.05, 0) is 42.8 Å². The number of hydrogen-bond acceptors (Lipinski definition) is 3. The van der Waals surface area contributed by atoms with Gasteiger partial charge in [-0.2, -0.15) is 0 Å². The lowest BCUT2D eigenvalue weighted by atomic mass is 10.1. The second-order valence-corrected chi connectivity index (χ2v) is 4.54. The van der Waals surface area contributed by atoms with Gasteiger partial charge in [0.15, 0.2) is 0 Å². The standard InChI is InChI=1S/C16H17FN2O2/c1-21-13-6-7-14(17)15(10-13)19-16(20)12-4-2-11(3-5-12)8-9-18/h2-7,10H,8-9,18H2,1H3,(H,19,20). The van der Waals surface area contributed by atoms with E-state index in [-0.39, 0.29) is 11.6 Å². The zero-order valence-electron chi connectivity index (χ0n) is 11.7. The number of hydrogen-bond donors (Lipinski definition) is 2. The fourth-order valence-corrected chi connectivity index (χ4v) is 1.91. The Kier molecular flexibility index (Phi) is 4.90. The normalized spacial score (nSPS) is 10.2. The Labute approximate surface area is 122 Å². The largest absolute Gasteiger partial charge is 0.497 e. The van der Waals surface area contributed by atoms with E-state index in [2.05, 4.69) is 5.32 Å². The lowest BCUT2D eigenvalue weighted by Gasteiger charge is -2.09. The van der Waals surface area contributed by atoms with Gasteiger partial charge in [-0.3, -0.25) is 4.79 Å². The number of methoxy groups -OCH3 is 1. The summed E-state index contributed by atoms with van der Waals surface area (Å²) < 4.78 is 18.7. The van der Waals surface area contributed by atoms with Crippen molar-refractivity contribution in [3.63, 3.8) is 0 Å². The van der Waals surface area contributed by atoms with Gasteiger partial charge in [-0.25, -0.2) is 4.39 Å². The first kappa shape index (κ1) is 15.0. The van der Waals surface area contributed by atoms with Crippen LogP contribution in [0.5, 0.6) is 5.75 Å². The van der Waals surface area contributed by atoms with Crippen LogP contribution in [0, 0.1) is 5.82 Å². The van der Waals surface area contributed by atoms with Crippen molar-refractivity contribution >= 4 is 11.6 Å². The van der Waals surface area contributed by atoms with Crippen molar-refractivity contribution < 1.29 is 13.9 Å². The molecule has 0 aromatic heterocycles. The van der Waals surface area contributed by atoms with Gasteiger partial charge < -0.3 is 15.8 Å². The first-order valence-corrected chi connectivity index (χ1v) is 6.58. The van der Waals surface area contributed by atoms with Gasteiger partial charge in [0.1, 0.15) is 11.6 Å². The topological polar surface area (TPSA) is 64.3 Å². The zero-order valence-corrected chi connectivity index (χ0v) is 11.7. The summed E-state index contributed by atoms with van der Waals surface area (Å²) in [6.45, 7) is 0.556. The van der Waals surface area contributed by atoms with Crippen molar-refractivity contribution in [2.75, 3.05) is 19.0 Å². The van der Waals surface area contributed by atoms with Crippen molar-refractivity contribution in [3.05, 3.63) is 59.4 Å². The van der Waals surface area contributed by atoms with Crippen LogP contribution in [0.3, 0.4) is 0 Å². The third-order valence-corrected chi connectivity index (χ3v) is 3.07. The molecule has 0 aliphatic carbocycles. The van der Waals surface area contributed by atoms with Crippen LogP contribution in [-0.4, -0.2) is 19.6 Å². The molecular formula is C16H17FN2O2. The van der Waals surface area contributed by atoms with Crippen LogP contribution in [0.25, 0.3) is 0 Å². The summed E-state index contributed by atoms with van der Waals surface area (Å²) in [5.41, 5.74) is 7.07. The summed E-state index contributed by atoms with van der Waals surface area (Å²) in [6, 6.07) is 11.2. The lowest BCUT2D eigenvalue weighted by molar-refractivity contribution is 0.102. The summed E-state index contributed by atoms with van der Waals surface area (Å²) in [4.78, 5) is 12.1. The van der Waals surface area contributed by atoms with Crippen LogP contribution in [0.15, 0.2) is 42.5 Å². The predicted octanol–water partition coefficient (Wildman–Crippen LogP) is 2.59. The third kappa shape index (κ3) is 3.79. The number of ether oxygens (including phenoxy) is 1. The number of benzene rings is 2. The summed E-state index contributed by atoms with van der Waals surface area (Å²) in [5.74, 6) is -0.407. The summed E-state index contributed by atoms with van der Waals surface area (Å²) in [6.07, 6.45) is 0.756. The van der Waals surface area contributed by atoms with Gasteiger partial charge >= 0.3 is 0 Å². The van der Waals surface area contributed by atoms with Gasteiger partial charge in [0, 0.05) is 11.6 Å². The molecule has 1 amide bonds. The highest BCUT2D eigenvalue weighted by Gasteiger charge is 2.10. The number of rotatable bonds is 5. The SMILES string of the molecule is COc1ccc(F)c(NC(=O)c2ccc(CCN)cc2)c1. The second-order valence-electron chi connectivity index (χ2n) is 4.54. The summed E-state index contributed by atoms with van der Waals surface area (Å²) >= 11 is 0. The van der Waals surface area contributed by atoms with E-state index in [0.29, 0.717) is 17.9 Å². The predicted molar refractivity (Wildman–Crippen MR) is 80.1 cm³/mol. The van der Waals surface area contributed by atoms with E-state index in [1.54, 1.807) is 12.1 Å². The molecule has 0 fully saturated rings. The summed E-state index contributed by atoms with van der Waals surface area (Å²) in [5, 5.41) is 2.53. The first-order valence-electron chi connectivity index (χ1n) is 6.58. The highest BCUT2D eigenvalue weighted by molar-refractivity contribution is 6.04. The average Bonchev–Trinajstić information content (AvgIpc) is 2.50. The maximum atomic E-state index is 13.7. The quantitative estimate of drug-likeness (QED) is 0.888. The van der Waals surface area contributed by atoms with Crippen LogP contribution in [0.4, 0.5) is 10.1 Å². The average molecular weight is 288 g/mol. The molecule has 0 atom stereocenters. The molecule has 0 spiro atoms. The van der Waals surface area contributed by atoms with Crippen molar-refractivity contribution in [1.29, 1.82) is 0 Å². The Morgan fingerprint density at radius 3 is 2.57 bits per heavy atom. The second kappa shape index (κ2) is 6.85. The van der Waals surface area contributed by atoms with Crippen LogP contribution in [-0.2, 0) is 6.42 Å². The van der Waals surface area contributed by atoms with E-state index in [0.717, 1.165) is 12.0 Å². The highest BCUT2D eigenvalue weighted by atomic mass is 19.1. The Morgan fingerprint density at radius 1 is 1.24 bits per heavy atom. The lowest BCUT2D eigenvalue weighted by Crippen LogP contribution is -2.13. The fourth-order valence-electron chi connectivity index (χ4n) is 1.91. The molecule has 5 heteroatoms. The molecule has 0 heterocycles. The number of halogens is 1. The van der Waals surface area contributed by atoms with E-state index in [4.69, 9.17) is 10.5 Å². The first-order chi connectivity index (χ1) is 10.1. The van der Waals surface area contributed by atoms with Crippen LogP contribution < -0.4 is 15.8 Å². The van der Waals surface area contributed by atoms with E-state index >= 15 is 0 Å². The van der Waals surface area contributed by atoms with Gasteiger partial charge in [0.05, 0.1) is 12.8 Å². The molecule has 4 nitrogen and oxygen atoms in total. The monoisotopic (exact) mass is 288 g/mol. The van der Waals surface area contributed by atoms with Crippen molar-refractivity contribution in [2.24, 2.45) is 5.73 Å². The Balaban J connectivity index is 2.14. The molecule has 3 N–H and O–H groups in total. The molecule has 21 heavy (non-hydrogen) atoms. The van der Waals surface area contributed by atoms with Gasteiger partial charge in [-0.15, -0.1) is 0 Å². The Hall–Kier alpha value is -2.40. The molecule has 2 aromatic rings. The molecule has 2 rings (SSSR count). The number of carbonyl (C=O) groups excluding carboxylic acids is 1. The van der Waals surface area contributed by atoms with Crippen LogP contribution >= 0.6 is 0 Å². The molecule has 0 saturated heterocycles. The maximum absolute atomic E-state index is 13.7. The molecule has 110 valence electrons. The molecule has 0 aliphatic rings. The minimum Gasteiger partial charge on any atom is -0.497 e. The van der Waals surface area contributed by atoms with E-state index < -0.39 is 5.82 Å². The van der Waals surface area contributed by atoms with Crippen molar-refractivity contribution in [2.45, 2.75) is 6.42 Å². The third-order valence-electron chi connectivity index (χ3n) is 3.07. The number of nitrogens with two attached hydrogens (primary N) is 1. The van der Waals surface area contributed by atoms with Gasteiger partial charge in [-0.1, -0.05) is 12.1 Å². The molecule has 0 saturated carbocycles.